The molecular formula is C23H24FN7O2. The molecule has 4 aromatic rings. The van der Waals surface area contributed by atoms with E-state index in [9.17, 15) is 4.39 Å². The summed E-state index contributed by atoms with van der Waals surface area (Å²) in [6.07, 6.45) is 4.87. The van der Waals surface area contributed by atoms with Crippen LogP contribution in [0.2, 0.25) is 0 Å². The third kappa shape index (κ3) is 5.17. The lowest BCUT2D eigenvalue weighted by atomic mass is 10.2. The highest BCUT2D eigenvalue weighted by Gasteiger charge is 2.21. The summed E-state index contributed by atoms with van der Waals surface area (Å²) in [6, 6.07) is 11.0. The van der Waals surface area contributed by atoms with Gasteiger partial charge in [0.25, 0.3) is 0 Å². The van der Waals surface area contributed by atoms with Crippen molar-refractivity contribution in [3.63, 3.8) is 0 Å². The van der Waals surface area contributed by atoms with Crippen molar-refractivity contribution < 1.29 is 13.9 Å². The molecule has 170 valence electrons. The van der Waals surface area contributed by atoms with Gasteiger partial charge in [0.15, 0.2) is 5.82 Å². The third-order valence-corrected chi connectivity index (χ3v) is 5.39. The highest BCUT2D eigenvalue weighted by atomic mass is 19.1. The molecule has 0 unspecified atom stereocenters. The molecule has 1 aromatic carbocycles. The van der Waals surface area contributed by atoms with E-state index < -0.39 is 6.17 Å². The first kappa shape index (κ1) is 21.1. The van der Waals surface area contributed by atoms with Crippen molar-refractivity contribution in [2.24, 2.45) is 7.05 Å². The Labute approximate surface area is 190 Å². The molecule has 0 aliphatic carbocycles. The molecule has 0 saturated carbocycles. The van der Waals surface area contributed by atoms with Gasteiger partial charge in [-0.05, 0) is 30.7 Å². The Morgan fingerprint density at radius 3 is 2.79 bits per heavy atom. The molecule has 9 nitrogen and oxygen atoms in total. The minimum Gasteiger partial charge on any atom is -0.491 e. The van der Waals surface area contributed by atoms with Gasteiger partial charge < -0.3 is 14.8 Å². The molecule has 0 amide bonds. The number of hydrogen-bond donors (Lipinski definition) is 1. The molecule has 10 heteroatoms. The first-order chi connectivity index (χ1) is 16.1. The van der Waals surface area contributed by atoms with Crippen molar-refractivity contribution >= 4 is 22.5 Å². The van der Waals surface area contributed by atoms with E-state index in [1.165, 1.54) is 6.33 Å². The normalized spacial score (nSPS) is 16.2. The maximum absolute atomic E-state index is 13.2. The standard InChI is InChI=1S/C23H24FN7O2/c1-30-8-7-21(29-30)28-23-19-12-17(2-4-20(19)26-15-27-23)33-22-5-3-18(13-25-22)32-11-10-31-9-6-16(24)14-31/h2-5,7-8,12-13,15-16H,6,9-11,14H2,1H3,(H,26,27,28,29)/t16-/m1/s1. The highest BCUT2D eigenvalue weighted by Crippen LogP contribution is 2.29. The summed E-state index contributed by atoms with van der Waals surface area (Å²) < 4.78 is 26.6. The first-order valence-corrected chi connectivity index (χ1v) is 10.8. The molecule has 0 spiro atoms. The average Bonchev–Trinajstić information content (AvgIpc) is 3.43. The molecule has 33 heavy (non-hydrogen) atoms. The van der Waals surface area contributed by atoms with E-state index in [-0.39, 0.29) is 0 Å². The molecule has 0 bridgehead atoms. The van der Waals surface area contributed by atoms with Gasteiger partial charge in [-0.3, -0.25) is 9.58 Å². The van der Waals surface area contributed by atoms with Gasteiger partial charge in [0, 0.05) is 50.4 Å². The maximum atomic E-state index is 13.2. The highest BCUT2D eigenvalue weighted by molar-refractivity contribution is 5.91. The van der Waals surface area contributed by atoms with Crippen LogP contribution >= 0.6 is 0 Å². The Morgan fingerprint density at radius 1 is 1.12 bits per heavy atom. The second-order valence-electron chi connectivity index (χ2n) is 7.87. The maximum Gasteiger partial charge on any atom is 0.219 e. The quantitative estimate of drug-likeness (QED) is 0.435. The minimum absolute atomic E-state index is 0.442. The van der Waals surface area contributed by atoms with Gasteiger partial charge >= 0.3 is 0 Å². The van der Waals surface area contributed by atoms with E-state index in [1.54, 1.807) is 16.9 Å². The minimum atomic E-state index is -0.716. The van der Waals surface area contributed by atoms with Crippen molar-refractivity contribution in [3.8, 4) is 17.4 Å². The number of anilines is 2. The smallest absolute Gasteiger partial charge is 0.219 e. The molecule has 1 fully saturated rings. The number of nitrogens with zero attached hydrogens (tertiary/aromatic N) is 6. The number of rotatable bonds is 8. The van der Waals surface area contributed by atoms with Crippen LogP contribution in [0.15, 0.2) is 55.1 Å². The fourth-order valence-electron chi connectivity index (χ4n) is 3.72. The number of pyridine rings is 1. The number of alkyl halides is 1. The molecule has 1 N–H and O–H groups in total. The lowest BCUT2D eigenvalue weighted by Gasteiger charge is -2.15. The van der Waals surface area contributed by atoms with Crippen LogP contribution in [0.3, 0.4) is 0 Å². The first-order valence-electron chi connectivity index (χ1n) is 10.8. The number of ether oxygens (including phenoxy) is 2. The SMILES string of the molecule is Cn1ccc(Nc2ncnc3ccc(Oc4ccc(OCCN5CC[C@@H](F)C5)cn4)cc23)n1. The number of hydrogen-bond acceptors (Lipinski definition) is 8. The van der Waals surface area contributed by atoms with Gasteiger partial charge in [-0.2, -0.15) is 5.10 Å². The van der Waals surface area contributed by atoms with Crippen LogP contribution in [-0.4, -0.2) is 62.0 Å². The van der Waals surface area contributed by atoms with Crippen LogP contribution in [0.25, 0.3) is 10.9 Å². The molecule has 1 aliphatic heterocycles. The van der Waals surface area contributed by atoms with Gasteiger partial charge in [0.05, 0.1) is 11.7 Å². The van der Waals surface area contributed by atoms with Gasteiger partial charge in [-0.15, -0.1) is 0 Å². The predicted molar refractivity (Wildman–Crippen MR) is 122 cm³/mol. The van der Waals surface area contributed by atoms with Crippen LogP contribution in [-0.2, 0) is 7.05 Å². The van der Waals surface area contributed by atoms with Crippen molar-refractivity contribution in [2.75, 3.05) is 31.6 Å². The van der Waals surface area contributed by atoms with Gasteiger partial charge in [0.1, 0.15) is 36.4 Å². The lowest BCUT2D eigenvalue weighted by molar-refractivity contribution is 0.224. The fraction of sp³-hybridized carbons (Fsp3) is 0.304. The monoisotopic (exact) mass is 449 g/mol. The summed E-state index contributed by atoms with van der Waals surface area (Å²) in [5, 5.41) is 8.35. The summed E-state index contributed by atoms with van der Waals surface area (Å²) in [7, 11) is 1.85. The van der Waals surface area contributed by atoms with Gasteiger partial charge in [-0.1, -0.05) is 0 Å². The zero-order valence-electron chi connectivity index (χ0n) is 18.2. The molecule has 4 heterocycles. The Bertz CT molecular complexity index is 1230. The Balaban J connectivity index is 1.23. The van der Waals surface area contributed by atoms with E-state index in [0.717, 1.165) is 17.4 Å². The number of aromatic nitrogens is 5. The van der Waals surface area contributed by atoms with E-state index in [2.05, 4.69) is 30.3 Å². The second kappa shape index (κ2) is 9.37. The van der Waals surface area contributed by atoms with Gasteiger partial charge in [-0.25, -0.2) is 19.3 Å². The molecule has 1 atom stereocenters. The average molecular weight is 449 g/mol. The molecule has 5 rings (SSSR count). The lowest BCUT2D eigenvalue weighted by Crippen LogP contribution is -2.26. The zero-order chi connectivity index (χ0) is 22.6. The topological polar surface area (TPSA) is 90.2 Å². The van der Waals surface area contributed by atoms with Crippen molar-refractivity contribution in [3.05, 3.63) is 55.1 Å². The van der Waals surface area contributed by atoms with Crippen LogP contribution in [0.4, 0.5) is 16.0 Å². The van der Waals surface area contributed by atoms with E-state index in [1.807, 2.05) is 43.6 Å². The molecule has 1 aliphatic rings. The summed E-state index contributed by atoms with van der Waals surface area (Å²) in [5.74, 6) is 3.02. The zero-order valence-corrected chi connectivity index (χ0v) is 18.2. The van der Waals surface area contributed by atoms with E-state index in [0.29, 0.717) is 55.1 Å². The van der Waals surface area contributed by atoms with Crippen LogP contribution < -0.4 is 14.8 Å². The summed E-state index contributed by atoms with van der Waals surface area (Å²) in [5.41, 5.74) is 0.782. The number of nitrogens with one attached hydrogen (secondary N) is 1. The van der Waals surface area contributed by atoms with Crippen LogP contribution in [0, 0.1) is 0 Å². The summed E-state index contributed by atoms with van der Waals surface area (Å²) in [4.78, 5) is 15.1. The predicted octanol–water partition coefficient (Wildman–Crippen LogP) is 3.72. The summed E-state index contributed by atoms with van der Waals surface area (Å²) in [6.45, 7) is 2.47. The van der Waals surface area contributed by atoms with Crippen LogP contribution in [0.5, 0.6) is 17.4 Å². The molecular weight excluding hydrogens is 425 g/mol. The molecule has 1 saturated heterocycles. The second-order valence-corrected chi connectivity index (χ2v) is 7.87. The van der Waals surface area contributed by atoms with Gasteiger partial charge in [0.2, 0.25) is 5.88 Å². The number of aryl methyl sites for hydroxylation is 1. The largest absolute Gasteiger partial charge is 0.491 e. The Morgan fingerprint density at radius 2 is 2.03 bits per heavy atom. The Kier molecular flexibility index (Phi) is 5.99. The number of fused-ring (bicyclic) bond motifs is 1. The van der Waals surface area contributed by atoms with E-state index in [4.69, 9.17) is 9.47 Å². The van der Waals surface area contributed by atoms with Crippen LogP contribution in [0.1, 0.15) is 6.42 Å². The summed E-state index contributed by atoms with van der Waals surface area (Å²) >= 11 is 0. The van der Waals surface area contributed by atoms with E-state index >= 15 is 0 Å². The third-order valence-electron chi connectivity index (χ3n) is 5.39. The number of benzene rings is 1. The number of halogens is 1. The fourth-order valence-corrected chi connectivity index (χ4v) is 3.72. The molecule has 0 radical (unpaired) electrons. The van der Waals surface area contributed by atoms with Crippen molar-refractivity contribution in [1.29, 1.82) is 0 Å². The molecule has 3 aromatic heterocycles. The van der Waals surface area contributed by atoms with Crippen molar-refractivity contribution in [2.45, 2.75) is 12.6 Å². The van der Waals surface area contributed by atoms with Crippen molar-refractivity contribution in [1.82, 2.24) is 29.6 Å². The Hall–Kier alpha value is -3.79. The number of likely N-dealkylation sites (tertiary alicyclic amines) is 1.